The van der Waals surface area contributed by atoms with Gasteiger partial charge in [-0.2, -0.15) is 5.26 Å². The van der Waals surface area contributed by atoms with Crippen molar-refractivity contribution in [2.24, 2.45) is 0 Å². The molecule has 0 aliphatic carbocycles. The fourth-order valence-corrected chi connectivity index (χ4v) is 4.96. The van der Waals surface area contributed by atoms with E-state index in [1.54, 1.807) is 11.4 Å². The minimum atomic E-state index is -0.403. The zero-order valence-electron chi connectivity index (χ0n) is 16.6. The van der Waals surface area contributed by atoms with Crippen LogP contribution in [0.1, 0.15) is 31.7 Å². The predicted octanol–water partition coefficient (Wildman–Crippen LogP) is 4.31. The number of aromatic nitrogens is 3. The second-order valence-corrected chi connectivity index (χ2v) is 9.25. The highest BCUT2D eigenvalue weighted by atomic mass is 32.2. The molecule has 0 radical (unpaired) electrons. The first-order valence-electron chi connectivity index (χ1n) is 9.88. The zero-order chi connectivity index (χ0) is 20.9. The first-order valence-corrected chi connectivity index (χ1v) is 11.6. The molecule has 4 rings (SSSR count). The largest absolute Gasteiger partial charge is 0.341 e. The molecule has 1 saturated heterocycles. The minimum Gasteiger partial charge on any atom is -0.341 e. The molecule has 1 aromatic carbocycles. The van der Waals surface area contributed by atoms with Crippen LogP contribution in [0, 0.1) is 11.3 Å². The lowest BCUT2D eigenvalue weighted by Crippen LogP contribution is -2.31. The van der Waals surface area contributed by atoms with Crippen LogP contribution in [0.2, 0.25) is 0 Å². The molecule has 1 fully saturated rings. The van der Waals surface area contributed by atoms with Gasteiger partial charge in [0.1, 0.15) is 11.1 Å². The van der Waals surface area contributed by atoms with Crippen LogP contribution in [0.3, 0.4) is 0 Å². The molecule has 1 atom stereocenters. The molecular weight excluding hydrogens is 416 g/mol. The SMILES string of the molecule is CC(Sc1nnc(N2CCCCC2)n1-c1ccccc1)C(=O)Nc1sccc1C#N. The molecule has 1 N–H and O–H groups in total. The summed E-state index contributed by atoms with van der Waals surface area (Å²) in [5, 5.41) is 23.6. The van der Waals surface area contributed by atoms with Gasteiger partial charge in [0.15, 0.2) is 5.16 Å². The summed E-state index contributed by atoms with van der Waals surface area (Å²) < 4.78 is 2.03. The highest BCUT2D eigenvalue weighted by Crippen LogP contribution is 2.31. The van der Waals surface area contributed by atoms with Crippen LogP contribution in [0.25, 0.3) is 5.69 Å². The molecule has 1 aliphatic heterocycles. The number of carbonyl (C=O) groups is 1. The number of hydrogen-bond donors (Lipinski definition) is 1. The second-order valence-electron chi connectivity index (χ2n) is 7.03. The Morgan fingerprint density at radius 1 is 1.20 bits per heavy atom. The van der Waals surface area contributed by atoms with Gasteiger partial charge in [0.05, 0.1) is 16.5 Å². The summed E-state index contributed by atoms with van der Waals surface area (Å²) in [7, 11) is 0. The maximum absolute atomic E-state index is 12.7. The molecule has 0 saturated carbocycles. The van der Waals surface area contributed by atoms with E-state index in [9.17, 15) is 4.79 Å². The molecule has 1 unspecified atom stereocenters. The summed E-state index contributed by atoms with van der Waals surface area (Å²) >= 11 is 2.71. The molecule has 7 nitrogen and oxygen atoms in total. The van der Waals surface area contributed by atoms with Crippen molar-refractivity contribution < 1.29 is 4.79 Å². The van der Waals surface area contributed by atoms with Crippen molar-refractivity contribution >= 4 is 40.0 Å². The van der Waals surface area contributed by atoms with E-state index < -0.39 is 5.25 Å². The maximum Gasteiger partial charge on any atom is 0.238 e. The molecule has 3 aromatic rings. The van der Waals surface area contributed by atoms with E-state index >= 15 is 0 Å². The van der Waals surface area contributed by atoms with Crippen molar-refractivity contribution in [3.8, 4) is 11.8 Å². The van der Waals surface area contributed by atoms with Gasteiger partial charge in [-0.25, -0.2) is 0 Å². The standard InChI is InChI=1S/C21H22N6OS2/c1-15(18(28)23-19-16(14-22)10-13-29-19)30-21-25-24-20(26-11-6-3-7-12-26)27(21)17-8-4-2-5-9-17/h2,4-5,8-10,13,15H,3,6-7,11-12H2,1H3,(H,23,28). The third kappa shape index (κ3) is 4.35. The van der Waals surface area contributed by atoms with Crippen molar-refractivity contribution in [2.45, 2.75) is 36.6 Å². The molecule has 1 aliphatic rings. The van der Waals surface area contributed by atoms with Crippen LogP contribution in [0.5, 0.6) is 0 Å². The average Bonchev–Trinajstić information content (AvgIpc) is 3.41. The molecular formula is C21H22N6OS2. The average molecular weight is 439 g/mol. The van der Waals surface area contributed by atoms with Gasteiger partial charge in [-0.05, 0) is 49.8 Å². The van der Waals surface area contributed by atoms with Crippen LogP contribution in [0.4, 0.5) is 10.9 Å². The van der Waals surface area contributed by atoms with Crippen molar-refractivity contribution in [3.05, 3.63) is 47.3 Å². The van der Waals surface area contributed by atoms with Gasteiger partial charge in [-0.3, -0.25) is 9.36 Å². The maximum atomic E-state index is 12.7. The van der Waals surface area contributed by atoms with E-state index in [2.05, 4.69) is 26.5 Å². The van der Waals surface area contributed by atoms with E-state index in [0.717, 1.165) is 37.6 Å². The van der Waals surface area contributed by atoms with E-state index in [4.69, 9.17) is 5.26 Å². The number of hydrogen-bond acceptors (Lipinski definition) is 7. The Labute approximate surface area is 183 Å². The van der Waals surface area contributed by atoms with Crippen LogP contribution in [-0.2, 0) is 4.79 Å². The number of thioether (sulfide) groups is 1. The summed E-state index contributed by atoms with van der Waals surface area (Å²) in [5.41, 5.74) is 1.45. The van der Waals surface area contributed by atoms with Gasteiger partial charge in [-0.1, -0.05) is 30.0 Å². The topological polar surface area (TPSA) is 86.8 Å². The molecule has 2 aromatic heterocycles. The number of nitriles is 1. The number of thiophene rings is 1. The summed E-state index contributed by atoms with van der Waals surface area (Å²) in [6, 6.07) is 13.8. The van der Waals surface area contributed by atoms with E-state index in [0.29, 0.717) is 15.7 Å². The number of anilines is 2. The number of rotatable bonds is 6. The van der Waals surface area contributed by atoms with Crippen LogP contribution in [-0.4, -0.2) is 39.0 Å². The Hall–Kier alpha value is -2.83. The van der Waals surface area contributed by atoms with Gasteiger partial charge in [0.25, 0.3) is 0 Å². The van der Waals surface area contributed by atoms with Crippen LogP contribution >= 0.6 is 23.1 Å². The smallest absolute Gasteiger partial charge is 0.238 e. The van der Waals surface area contributed by atoms with Crippen molar-refractivity contribution in [3.63, 3.8) is 0 Å². The Balaban J connectivity index is 1.58. The Morgan fingerprint density at radius 2 is 1.97 bits per heavy atom. The van der Waals surface area contributed by atoms with Crippen LogP contribution in [0.15, 0.2) is 46.9 Å². The van der Waals surface area contributed by atoms with Crippen molar-refractivity contribution in [1.29, 1.82) is 5.26 Å². The molecule has 154 valence electrons. The second kappa shape index (κ2) is 9.32. The fraction of sp³-hybridized carbons (Fsp3) is 0.333. The molecule has 0 spiro atoms. The fourth-order valence-electron chi connectivity index (χ4n) is 3.36. The lowest BCUT2D eigenvalue weighted by Gasteiger charge is -2.28. The van der Waals surface area contributed by atoms with Gasteiger partial charge >= 0.3 is 0 Å². The first kappa shape index (κ1) is 20.4. The third-order valence-electron chi connectivity index (χ3n) is 4.94. The molecule has 30 heavy (non-hydrogen) atoms. The summed E-state index contributed by atoms with van der Waals surface area (Å²) in [6.45, 7) is 3.76. The minimum absolute atomic E-state index is 0.166. The lowest BCUT2D eigenvalue weighted by molar-refractivity contribution is -0.115. The van der Waals surface area contributed by atoms with Gasteiger partial charge < -0.3 is 10.2 Å². The van der Waals surface area contributed by atoms with Crippen molar-refractivity contribution in [2.75, 3.05) is 23.3 Å². The monoisotopic (exact) mass is 438 g/mol. The number of piperidine rings is 1. The summed E-state index contributed by atoms with van der Waals surface area (Å²) in [4.78, 5) is 15.0. The van der Waals surface area contributed by atoms with E-state index in [1.807, 2.05) is 41.8 Å². The Kier molecular flexibility index (Phi) is 6.35. The number of amides is 1. The number of nitrogens with zero attached hydrogens (tertiary/aromatic N) is 5. The van der Waals surface area contributed by atoms with Gasteiger partial charge in [0.2, 0.25) is 11.9 Å². The molecule has 1 amide bonds. The Morgan fingerprint density at radius 3 is 2.70 bits per heavy atom. The Bertz CT molecular complexity index is 1050. The molecule has 0 bridgehead atoms. The lowest BCUT2D eigenvalue weighted by atomic mass is 10.1. The summed E-state index contributed by atoms with van der Waals surface area (Å²) in [5.74, 6) is 0.655. The van der Waals surface area contributed by atoms with E-state index in [-0.39, 0.29) is 5.91 Å². The predicted molar refractivity (Wildman–Crippen MR) is 120 cm³/mol. The number of para-hydroxylation sites is 1. The normalized spacial score (nSPS) is 14.9. The first-order chi connectivity index (χ1) is 14.7. The van der Waals surface area contributed by atoms with E-state index in [1.165, 1.54) is 29.5 Å². The number of nitrogens with one attached hydrogen (secondary N) is 1. The molecule has 3 heterocycles. The zero-order valence-corrected chi connectivity index (χ0v) is 18.2. The summed E-state index contributed by atoms with van der Waals surface area (Å²) in [6.07, 6.45) is 3.53. The highest BCUT2D eigenvalue weighted by Gasteiger charge is 2.25. The van der Waals surface area contributed by atoms with Gasteiger partial charge in [-0.15, -0.1) is 21.5 Å². The van der Waals surface area contributed by atoms with Crippen molar-refractivity contribution in [1.82, 2.24) is 14.8 Å². The van der Waals surface area contributed by atoms with Crippen LogP contribution < -0.4 is 10.2 Å². The third-order valence-corrected chi connectivity index (χ3v) is 6.82. The quantitative estimate of drug-likeness (QED) is 0.577. The molecule has 9 heteroatoms. The number of carbonyl (C=O) groups excluding carboxylic acids is 1. The number of benzene rings is 1. The highest BCUT2D eigenvalue weighted by molar-refractivity contribution is 8.00. The van der Waals surface area contributed by atoms with Gasteiger partial charge in [0, 0.05) is 13.1 Å².